The first-order valence-electron chi connectivity index (χ1n) is 6.50. The highest BCUT2D eigenvalue weighted by Crippen LogP contribution is 2.35. The molecule has 0 fully saturated rings. The van der Waals surface area contributed by atoms with E-state index >= 15 is 0 Å². The molecule has 0 spiro atoms. The Morgan fingerprint density at radius 2 is 1.86 bits per heavy atom. The number of fused-ring (bicyclic) bond motifs is 1. The van der Waals surface area contributed by atoms with Crippen molar-refractivity contribution in [3.8, 4) is 5.75 Å². The summed E-state index contributed by atoms with van der Waals surface area (Å²) in [6.07, 6.45) is 0. The smallest absolute Gasteiger partial charge is 0.264 e. The van der Waals surface area contributed by atoms with E-state index in [0.717, 1.165) is 17.7 Å². The zero-order chi connectivity index (χ0) is 15.0. The van der Waals surface area contributed by atoms with Crippen molar-refractivity contribution in [3.05, 3.63) is 53.8 Å². The molecule has 0 unspecified atom stereocenters. The molecule has 1 aliphatic rings. The largest absolute Gasteiger partial charge is 0.489 e. The van der Waals surface area contributed by atoms with Gasteiger partial charge in [-0.3, -0.25) is 4.31 Å². The molecule has 0 atom stereocenters. The second-order valence-electron chi connectivity index (χ2n) is 4.85. The van der Waals surface area contributed by atoms with Gasteiger partial charge in [0.05, 0.1) is 17.1 Å². The fraction of sp³-hybridized carbons (Fsp3) is 0.200. The number of hydrogen-bond acceptors (Lipinski definition) is 3. The van der Waals surface area contributed by atoms with Crippen LogP contribution in [0, 0.1) is 12.7 Å². The van der Waals surface area contributed by atoms with Crippen LogP contribution < -0.4 is 9.04 Å². The average molecular weight is 307 g/mol. The van der Waals surface area contributed by atoms with Gasteiger partial charge in [-0.2, -0.15) is 0 Å². The number of benzene rings is 2. The highest BCUT2D eigenvalue weighted by atomic mass is 32.2. The molecule has 110 valence electrons. The molecule has 21 heavy (non-hydrogen) atoms. The molecule has 2 aromatic carbocycles. The van der Waals surface area contributed by atoms with E-state index < -0.39 is 15.8 Å². The van der Waals surface area contributed by atoms with Gasteiger partial charge in [-0.05, 0) is 48.9 Å². The fourth-order valence-electron chi connectivity index (χ4n) is 2.29. The first kappa shape index (κ1) is 13.9. The lowest BCUT2D eigenvalue weighted by Gasteiger charge is -2.30. The maximum Gasteiger partial charge on any atom is 0.264 e. The monoisotopic (exact) mass is 307 g/mol. The van der Waals surface area contributed by atoms with Gasteiger partial charge in [0.2, 0.25) is 0 Å². The Hall–Kier alpha value is -2.08. The summed E-state index contributed by atoms with van der Waals surface area (Å²) in [6, 6.07) is 10.2. The van der Waals surface area contributed by atoms with Crippen molar-refractivity contribution in [1.29, 1.82) is 0 Å². The summed E-state index contributed by atoms with van der Waals surface area (Å²) in [6.45, 7) is 2.41. The van der Waals surface area contributed by atoms with Gasteiger partial charge in [0.15, 0.2) is 0 Å². The number of halogens is 1. The Bertz CT molecular complexity index is 772. The highest BCUT2D eigenvalue weighted by molar-refractivity contribution is 7.92. The molecule has 1 heterocycles. The van der Waals surface area contributed by atoms with Crippen molar-refractivity contribution in [1.82, 2.24) is 0 Å². The third-order valence-electron chi connectivity index (χ3n) is 3.34. The standard InChI is InChI=1S/C15H14FNO3S/c1-11-2-7-15-14(10-11)17(8-9-20-15)21(18,19)13-5-3-12(16)4-6-13/h2-7,10H,8-9H2,1H3. The van der Waals surface area contributed by atoms with Crippen LogP contribution in [0.3, 0.4) is 0 Å². The summed E-state index contributed by atoms with van der Waals surface area (Å²) >= 11 is 0. The van der Waals surface area contributed by atoms with E-state index in [4.69, 9.17) is 4.74 Å². The molecule has 3 rings (SSSR count). The average Bonchev–Trinajstić information content (AvgIpc) is 2.47. The molecule has 0 bridgehead atoms. The van der Waals surface area contributed by atoms with Crippen molar-refractivity contribution < 1.29 is 17.5 Å². The molecule has 0 saturated heterocycles. The molecule has 0 aromatic heterocycles. The minimum atomic E-state index is -3.72. The van der Waals surface area contributed by atoms with Crippen LogP contribution in [0.25, 0.3) is 0 Å². The minimum Gasteiger partial charge on any atom is -0.489 e. The van der Waals surface area contributed by atoms with E-state index in [2.05, 4.69) is 0 Å². The lowest BCUT2D eigenvalue weighted by atomic mass is 10.2. The molecule has 2 aromatic rings. The maximum absolute atomic E-state index is 13.0. The van der Waals surface area contributed by atoms with E-state index in [0.29, 0.717) is 11.4 Å². The number of rotatable bonds is 2. The van der Waals surface area contributed by atoms with Crippen molar-refractivity contribution in [2.24, 2.45) is 0 Å². The van der Waals surface area contributed by atoms with Crippen LogP contribution in [0.15, 0.2) is 47.4 Å². The summed E-state index contributed by atoms with van der Waals surface area (Å²) in [5.74, 6) is 0.0738. The fourth-order valence-corrected chi connectivity index (χ4v) is 3.74. The van der Waals surface area contributed by atoms with Gasteiger partial charge in [0.1, 0.15) is 18.2 Å². The third kappa shape index (κ3) is 2.47. The Balaban J connectivity index is 2.09. The number of hydrogen-bond donors (Lipinski definition) is 0. The van der Waals surface area contributed by atoms with Gasteiger partial charge in [0, 0.05) is 0 Å². The molecule has 0 aliphatic carbocycles. The number of ether oxygens (including phenoxy) is 1. The molecule has 0 amide bonds. The molecular weight excluding hydrogens is 293 g/mol. The van der Waals surface area contributed by atoms with E-state index in [1.165, 1.54) is 16.4 Å². The van der Waals surface area contributed by atoms with E-state index in [1.54, 1.807) is 12.1 Å². The summed E-state index contributed by atoms with van der Waals surface area (Å²) in [4.78, 5) is 0.0678. The molecule has 6 heteroatoms. The first-order chi connectivity index (χ1) is 9.98. The lowest BCUT2D eigenvalue weighted by Crippen LogP contribution is -2.37. The molecule has 0 saturated carbocycles. The Morgan fingerprint density at radius 3 is 2.57 bits per heavy atom. The molecule has 0 N–H and O–H groups in total. The van der Waals surface area contributed by atoms with Crippen LogP contribution in [0.4, 0.5) is 10.1 Å². The SMILES string of the molecule is Cc1ccc2c(c1)N(S(=O)(=O)c1ccc(F)cc1)CCO2. The van der Waals surface area contributed by atoms with Gasteiger partial charge in [-0.1, -0.05) is 6.07 Å². The topological polar surface area (TPSA) is 46.6 Å². The quantitative estimate of drug-likeness (QED) is 0.857. The van der Waals surface area contributed by atoms with Crippen molar-refractivity contribution >= 4 is 15.7 Å². The van der Waals surface area contributed by atoms with Crippen LogP contribution in [-0.2, 0) is 10.0 Å². The molecule has 1 aliphatic heterocycles. The lowest BCUT2D eigenvalue weighted by molar-refractivity contribution is 0.315. The predicted octanol–water partition coefficient (Wildman–Crippen LogP) is 2.72. The number of anilines is 1. The highest BCUT2D eigenvalue weighted by Gasteiger charge is 2.30. The van der Waals surface area contributed by atoms with Crippen LogP contribution in [0.2, 0.25) is 0 Å². The van der Waals surface area contributed by atoms with Crippen LogP contribution in [0.1, 0.15) is 5.56 Å². The number of sulfonamides is 1. The van der Waals surface area contributed by atoms with E-state index in [-0.39, 0.29) is 18.0 Å². The molecule has 0 radical (unpaired) electrons. The molecule has 4 nitrogen and oxygen atoms in total. The van der Waals surface area contributed by atoms with Crippen LogP contribution in [-0.4, -0.2) is 21.6 Å². The summed E-state index contributed by atoms with van der Waals surface area (Å²) in [7, 11) is -3.72. The number of aryl methyl sites for hydroxylation is 1. The Kier molecular flexibility index (Phi) is 3.33. The van der Waals surface area contributed by atoms with Gasteiger partial charge in [-0.25, -0.2) is 12.8 Å². The number of nitrogens with zero attached hydrogens (tertiary/aromatic N) is 1. The van der Waals surface area contributed by atoms with Gasteiger partial charge < -0.3 is 4.74 Å². The van der Waals surface area contributed by atoms with Gasteiger partial charge in [0.25, 0.3) is 10.0 Å². The van der Waals surface area contributed by atoms with Crippen molar-refractivity contribution in [2.75, 3.05) is 17.5 Å². The van der Waals surface area contributed by atoms with Crippen molar-refractivity contribution in [2.45, 2.75) is 11.8 Å². The summed E-state index contributed by atoms with van der Waals surface area (Å²) in [5, 5.41) is 0. The van der Waals surface area contributed by atoms with E-state index in [9.17, 15) is 12.8 Å². The maximum atomic E-state index is 13.0. The first-order valence-corrected chi connectivity index (χ1v) is 7.94. The zero-order valence-electron chi connectivity index (χ0n) is 11.4. The zero-order valence-corrected chi connectivity index (χ0v) is 12.2. The van der Waals surface area contributed by atoms with Crippen LogP contribution in [0.5, 0.6) is 5.75 Å². The van der Waals surface area contributed by atoms with E-state index in [1.807, 2.05) is 13.0 Å². The normalized spacial score (nSPS) is 14.5. The second-order valence-corrected chi connectivity index (χ2v) is 6.71. The Labute approximate surface area is 122 Å². The third-order valence-corrected chi connectivity index (χ3v) is 5.16. The second kappa shape index (κ2) is 5.04. The summed E-state index contributed by atoms with van der Waals surface area (Å²) < 4.78 is 45.2. The summed E-state index contributed by atoms with van der Waals surface area (Å²) in [5.41, 5.74) is 1.46. The van der Waals surface area contributed by atoms with Crippen LogP contribution >= 0.6 is 0 Å². The van der Waals surface area contributed by atoms with Gasteiger partial charge >= 0.3 is 0 Å². The minimum absolute atomic E-state index is 0.0678. The van der Waals surface area contributed by atoms with Gasteiger partial charge in [-0.15, -0.1) is 0 Å². The Morgan fingerprint density at radius 1 is 1.14 bits per heavy atom. The molecular formula is C15H14FNO3S. The van der Waals surface area contributed by atoms with Crippen molar-refractivity contribution in [3.63, 3.8) is 0 Å². The predicted molar refractivity (Wildman–Crippen MR) is 77.6 cm³/mol.